The second-order valence-electron chi connectivity index (χ2n) is 12.5. The summed E-state index contributed by atoms with van der Waals surface area (Å²) in [6.45, 7) is -1.69. The summed E-state index contributed by atoms with van der Waals surface area (Å²) in [7, 11) is 0. The molecule has 2 aromatic heterocycles. The Hall–Kier alpha value is -5.93. The number of ketones is 1. The highest BCUT2D eigenvalue weighted by Crippen LogP contribution is 2.36. The molecular formula is C33H42F2N10O13S2. The van der Waals surface area contributed by atoms with E-state index in [1.807, 2.05) is 0 Å². The molecule has 328 valence electrons. The summed E-state index contributed by atoms with van der Waals surface area (Å²) in [4.78, 5) is 124. The normalized spacial score (nSPS) is 13.9. The quantitative estimate of drug-likeness (QED) is 0.0323. The molecule has 0 aromatic carbocycles. The van der Waals surface area contributed by atoms with Gasteiger partial charge in [-0.15, -0.1) is 23.5 Å². The highest BCUT2D eigenvalue weighted by molar-refractivity contribution is 7.99. The predicted octanol–water partition coefficient (Wildman–Crippen LogP) is -2.10. The van der Waals surface area contributed by atoms with Gasteiger partial charge in [0.2, 0.25) is 29.6 Å². The van der Waals surface area contributed by atoms with Gasteiger partial charge in [-0.2, -0.15) is 8.78 Å². The van der Waals surface area contributed by atoms with Gasteiger partial charge in [-0.25, -0.2) is 19.9 Å². The Kier molecular flexibility index (Phi) is 21.4. The van der Waals surface area contributed by atoms with Crippen molar-refractivity contribution in [3.05, 3.63) is 48.1 Å². The third-order valence-electron chi connectivity index (χ3n) is 7.79. The highest BCUT2D eigenvalue weighted by atomic mass is 32.2. The standard InChI is InChI=1S/C33H42F2N10O13S2/c34-23-6-8-38-28(45-23)22(60-14-20(30(54)41-12-27(51)52)43-25(48)4-2-17(37)32(57)58)10-15(46)9-21(18-5-7-39-33(35)44-18)59-13-19(29(53)40-11-26(49)50)42-24(47)3-1-16(36)31(55)56/h5-8,16-17,19-22H,1-4,9-14,36-37H2,(H,40,53)(H,41,54)(H,42,47)(H,43,48)(H,49,50)(H,51,52)(H,55,56)(H,57,58). The van der Waals surface area contributed by atoms with Gasteiger partial charge in [0.05, 0.1) is 16.2 Å². The molecule has 6 unspecified atom stereocenters. The van der Waals surface area contributed by atoms with E-state index in [1.54, 1.807) is 0 Å². The fourth-order valence-corrected chi connectivity index (χ4v) is 7.21. The molecule has 6 atom stereocenters. The Labute approximate surface area is 347 Å². The van der Waals surface area contributed by atoms with Crippen molar-refractivity contribution in [3.8, 4) is 0 Å². The van der Waals surface area contributed by atoms with Crippen LogP contribution in [0.5, 0.6) is 0 Å². The first-order valence-electron chi connectivity index (χ1n) is 17.5. The lowest BCUT2D eigenvalue weighted by Crippen LogP contribution is -2.49. The van der Waals surface area contributed by atoms with Crippen molar-refractivity contribution >= 4 is 76.8 Å². The number of halogens is 2. The molecule has 0 saturated heterocycles. The van der Waals surface area contributed by atoms with Crippen molar-refractivity contribution in [1.29, 1.82) is 0 Å². The number of thioether (sulfide) groups is 2. The molecule has 27 heteroatoms. The van der Waals surface area contributed by atoms with Crippen molar-refractivity contribution in [2.45, 2.75) is 73.2 Å². The topological polar surface area (TPSA) is 386 Å². The van der Waals surface area contributed by atoms with Gasteiger partial charge in [0.1, 0.15) is 48.9 Å². The number of aliphatic carboxylic acids is 4. The van der Waals surface area contributed by atoms with Gasteiger partial charge in [-0.05, 0) is 18.9 Å². The first-order valence-corrected chi connectivity index (χ1v) is 19.6. The lowest BCUT2D eigenvalue weighted by atomic mass is 10.1. The van der Waals surface area contributed by atoms with Crippen LogP contribution in [0.15, 0.2) is 24.5 Å². The number of nitrogens with two attached hydrogens (primary N) is 2. The number of nitrogens with one attached hydrogen (secondary N) is 4. The van der Waals surface area contributed by atoms with Crippen molar-refractivity contribution in [1.82, 2.24) is 41.2 Å². The van der Waals surface area contributed by atoms with Crippen molar-refractivity contribution < 1.29 is 72.4 Å². The Balaban J connectivity index is 2.37. The first-order chi connectivity index (χ1) is 28.2. The molecule has 4 amide bonds. The summed E-state index contributed by atoms with van der Waals surface area (Å²) in [5.74, 6) is -11.8. The predicted molar refractivity (Wildman–Crippen MR) is 203 cm³/mol. The van der Waals surface area contributed by atoms with Crippen LogP contribution < -0.4 is 32.7 Å². The minimum absolute atomic E-state index is 0.0593. The summed E-state index contributed by atoms with van der Waals surface area (Å²) in [5, 5.41) is 42.8. The average Bonchev–Trinajstić information content (AvgIpc) is 3.18. The molecule has 0 fully saturated rings. The molecular weight excluding hydrogens is 847 g/mol. The third-order valence-corrected chi connectivity index (χ3v) is 10.4. The smallest absolute Gasteiger partial charge is 0.322 e. The molecule has 0 saturated carbocycles. The maximum Gasteiger partial charge on any atom is 0.322 e. The first kappa shape index (κ1) is 50.2. The number of Topliss-reactive ketones (excluding diaryl/α,β-unsaturated/α-hetero) is 1. The fourth-order valence-electron chi connectivity index (χ4n) is 4.72. The molecule has 0 radical (unpaired) electrons. The Morgan fingerprint density at radius 3 is 1.58 bits per heavy atom. The van der Waals surface area contributed by atoms with Crippen molar-refractivity contribution in [3.63, 3.8) is 0 Å². The van der Waals surface area contributed by atoms with Gasteiger partial charge in [-0.3, -0.25) is 43.2 Å². The van der Waals surface area contributed by atoms with Gasteiger partial charge >= 0.3 is 30.0 Å². The van der Waals surface area contributed by atoms with Crippen LogP contribution in [-0.4, -0.2) is 142 Å². The van der Waals surface area contributed by atoms with Crippen molar-refractivity contribution in [2.24, 2.45) is 11.5 Å². The van der Waals surface area contributed by atoms with Crippen LogP contribution in [0, 0.1) is 12.0 Å². The molecule has 0 aliphatic carbocycles. The zero-order valence-electron chi connectivity index (χ0n) is 31.3. The third kappa shape index (κ3) is 19.2. The van der Waals surface area contributed by atoms with Crippen LogP contribution in [0.1, 0.15) is 60.5 Å². The minimum atomic E-state index is -1.49. The number of aromatic nitrogens is 4. The second-order valence-corrected chi connectivity index (χ2v) is 15.0. The zero-order chi connectivity index (χ0) is 44.9. The minimum Gasteiger partial charge on any atom is -0.480 e. The summed E-state index contributed by atoms with van der Waals surface area (Å²) < 4.78 is 28.6. The SMILES string of the molecule is NC(CCC(=O)NC(CSC(CC(=O)CC(SCC(NC(=O)CCC(N)C(=O)O)C(=O)NCC(=O)O)c1nccc(F)n1)c1ccnc(F)n1)C(=O)NCC(=O)O)C(=O)O. The second kappa shape index (κ2) is 25.5. The Morgan fingerprint density at radius 2 is 1.13 bits per heavy atom. The molecule has 0 aliphatic heterocycles. The summed E-state index contributed by atoms with van der Waals surface area (Å²) >= 11 is 1.60. The van der Waals surface area contributed by atoms with Gasteiger partial charge in [0, 0.05) is 55.6 Å². The van der Waals surface area contributed by atoms with E-state index in [4.69, 9.17) is 31.9 Å². The number of hydrogen-bond donors (Lipinski definition) is 10. The lowest BCUT2D eigenvalue weighted by molar-refractivity contribution is -0.140. The Bertz CT molecular complexity index is 1760. The molecule has 0 aliphatic rings. The number of carboxylic acid groups (broad SMARTS) is 4. The molecule has 0 spiro atoms. The summed E-state index contributed by atoms with van der Waals surface area (Å²) in [6, 6.07) is -3.60. The van der Waals surface area contributed by atoms with E-state index in [9.17, 15) is 51.9 Å². The molecule has 0 bridgehead atoms. The van der Waals surface area contributed by atoms with Crippen LogP contribution in [0.4, 0.5) is 8.78 Å². The average molecular weight is 889 g/mol. The van der Waals surface area contributed by atoms with Gasteiger partial charge in [0.15, 0.2) is 0 Å². The van der Waals surface area contributed by atoms with Crippen LogP contribution in [0.25, 0.3) is 0 Å². The molecule has 60 heavy (non-hydrogen) atoms. The fraction of sp³-hybridized carbons (Fsp3) is 0.485. The number of carbonyl (C=O) groups is 9. The molecule has 2 heterocycles. The van der Waals surface area contributed by atoms with Gasteiger partial charge < -0.3 is 53.2 Å². The number of hydrogen-bond acceptors (Lipinski definition) is 17. The number of rotatable bonds is 28. The molecule has 2 aromatic rings. The maximum atomic E-state index is 14.3. The Morgan fingerprint density at radius 1 is 0.667 bits per heavy atom. The number of carboxylic acids is 4. The van der Waals surface area contributed by atoms with E-state index >= 15 is 0 Å². The van der Waals surface area contributed by atoms with Crippen LogP contribution in [-0.2, 0) is 43.2 Å². The highest BCUT2D eigenvalue weighted by Gasteiger charge is 2.30. The molecule has 23 nitrogen and oxygen atoms in total. The number of carbonyl (C=O) groups excluding carboxylic acids is 5. The van der Waals surface area contributed by atoms with Crippen LogP contribution >= 0.6 is 23.5 Å². The largest absolute Gasteiger partial charge is 0.480 e. The van der Waals surface area contributed by atoms with E-state index in [1.165, 1.54) is 6.07 Å². The van der Waals surface area contributed by atoms with E-state index in [0.717, 1.165) is 42.0 Å². The van der Waals surface area contributed by atoms with Crippen LogP contribution in [0.3, 0.4) is 0 Å². The number of nitrogens with zero attached hydrogens (tertiary/aromatic N) is 4. The van der Waals surface area contributed by atoms with E-state index < -0.39 is 139 Å². The van der Waals surface area contributed by atoms with Gasteiger partial charge in [0.25, 0.3) is 0 Å². The maximum absolute atomic E-state index is 14.3. The summed E-state index contributed by atoms with van der Waals surface area (Å²) in [6.07, 6.45) is -1.61. The van der Waals surface area contributed by atoms with E-state index in [-0.39, 0.29) is 35.9 Å². The van der Waals surface area contributed by atoms with Crippen molar-refractivity contribution in [2.75, 3.05) is 24.6 Å². The number of amides is 4. The van der Waals surface area contributed by atoms with E-state index in [0.29, 0.717) is 0 Å². The van der Waals surface area contributed by atoms with E-state index in [2.05, 4.69) is 41.2 Å². The zero-order valence-corrected chi connectivity index (χ0v) is 33.0. The van der Waals surface area contributed by atoms with Crippen LogP contribution in [0.2, 0.25) is 0 Å². The summed E-state index contributed by atoms with van der Waals surface area (Å²) in [5.41, 5.74) is 10.8. The van der Waals surface area contributed by atoms with Gasteiger partial charge in [-0.1, -0.05) is 0 Å². The lowest BCUT2D eigenvalue weighted by Gasteiger charge is -2.23. The molecule has 12 N–H and O–H groups in total. The molecule has 2 rings (SSSR count). The monoisotopic (exact) mass is 888 g/mol.